The second-order valence-electron chi connectivity index (χ2n) is 5.47. The average Bonchev–Trinajstić information content (AvgIpc) is 2.60. The molecule has 0 bridgehead atoms. The topological polar surface area (TPSA) is 12.0 Å². The number of rotatable bonds is 2. The molecule has 1 saturated carbocycles. The van der Waals surface area contributed by atoms with E-state index in [1.807, 2.05) is 0 Å². The number of hydrogen-bond donors (Lipinski definition) is 1. The van der Waals surface area contributed by atoms with Crippen molar-refractivity contribution in [2.24, 2.45) is 17.8 Å². The van der Waals surface area contributed by atoms with Crippen LogP contribution in [0.2, 0.25) is 0 Å². The van der Waals surface area contributed by atoms with Crippen molar-refractivity contribution in [3.8, 4) is 0 Å². The summed E-state index contributed by atoms with van der Waals surface area (Å²) >= 11 is 0. The monoisotopic (exact) mass is 195 g/mol. The predicted octanol–water partition coefficient (Wildman–Crippen LogP) is 3.20. The van der Waals surface area contributed by atoms with E-state index in [0.717, 1.165) is 17.8 Å². The summed E-state index contributed by atoms with van der Waals surface area (Å²) < 4.78 is 0. The van der Waals surface area contributed by atoms with Crippen molar-refractivity contribution in [2.45, 2.75) is 51.9 Å². The first kappa shape index (κ1) is 10.5. The summed E-state index contributed by atoms with van der Waals surface area (Å²) in [6.07, 6.45) is 10.4. The Morgan fingerprint density at radius 1 is 1.07 bits per heavy atom. The van der Waals surface area contributed by atoms with Gasteiger partial charge in [0.05, 0.1) is 0 Å². The molecule has 0 aromatic heterocycles. The van der Waals surface area contributed by atoms with E-state index in [2.05, 4.69) is 12.2 Å². The van der Waals surface area contributed by atoms with E-state index in [1.165, 1.54) is 58.0 Å². The average molecular weight is 195 g/mol. The molecule has 1 heterocycles. The Hall–Kier alpha value is -0.0400. The zero-order valence-electron chi connectivity index (χ0n) is 9.60. The molecule has 0 aromatic carbocycles. The van der Waals surface area contributed by atoms with E-state index < -0.39 is 0 Å². The highest BCUT2D eigenvalue weighted by molar-refractivity contribution is 4.78. The van der Waals surface area contributed by atoms with Crippen molar-refractivity contribution >= 4 is 0 Å². The molecule has 1 nitrogen and oxygen atoms in total. The normalized spacial score (nSPS) is 35.8. The van der Waals surface area contributed by atoms with Crippen LogP contribution in [0.25, 0.3) is 0 Å². The van der Waals surface area contributed by atoms with Crippen LogP contribution >= 0.6 is 0 Å². The van der Waals surface area contributed by atoms with Gasteiger partial charge in [-0.3, -0.25) is 0 Å². The molecule has 0 amide bonds. The molecule has 0 radical (unpaired) electrons. The van der Waals surface area contributed by atoms with Crippen molar-refractivity contribution in [3.63, 3.8) is 0 Å². The third-order valence-electron chi connectivity index (χ3n) is 4.34. The van der Waals surface area contributed by atoms with Gasteiger partial charge in [0.2, 0.25) is 0 Å². The van der Waals surface area contributed by atoms with E-state index in [1.54, 1.807) is 0 Å². The Labute approximate surface area is 88.7 Å². The molecule has 2 rings (SSSR count). The van der Waals surface area contributed by atoms with Gasteiger partial charge in [0.1, 0.15) is 0 Å². The highest BCUT2D eigenvalue weighted by Gasteiger charge is 2.24. The minimum absolute atomic E-state index is 0.964. The zero-order valence-corrected chi connectivity index (χ0v) is 9.60. The van der Waals surface area contributed by atoms with Crippen LogP contribution in [0, 0.1) is 17.8 Å². The molecular weight excluding hydrogens is 170 g/mol. The standard InChI is InChI=1S/C13H25N/c1-11-5-4-8-14-10-13(11)9-12-6-2-3-7-12/h11-14H,2-10H2,1H3. The lowest BCUT2D eigenvalue weighted by Crippen LogP contribution is -2.25. The molecule has 0 spiro atoms. The van der Waals surface area contributed by atoms with Gasteiger partial charge >= 0.3 is 0 Å². The Bertz CT molecular complexity index is 161. The van der Waals surface area contributed by atoms with Gasteiger partial charge in [-0.05, 0) is 50.1 Å². The second kappa shape index (κ2) is 5.16. The fourth-order valence-electron chi connectivity index (χ4n) is 3.26. The maximum Gasteiger partial charge on any atom is -0.00179 e. The molecule has 14 heavy (non-hydrogen) atoms. The molecular formula is C13H25N. The molecule has 2 unspecified atom stereocenters. The SMILES string of the molecule is CC1CCCNCC1CC1CCCC1. The molecule has 1 heteroatoms. The fourth-order valence-corrected chi connectivity index (χ4v) is 3.26. The summed E-state index contributed by atoms with van der Waals surface area (Å²) in [6, 6.07) is 0. The van der Waals surface area contributed by atoms with Crippen molar-refractivity contribution in [3.05, 3.63) is 0 Å². The number of hydrogen-bond acceptors (Lipinski definition) is 1. The smallest absolute Gasteiger partial charge is 0.00179 e. The van der Waals surface area contributed by atoms with E-state index >= 15 is 0 Å². The molecule has 2 aliphatic rings. The lowest BCUT2D eigenvalue weighted by atomic mass is 9.83. The molecule has 2 fully saturated rings. The van der Waals surface area contributed by atoms with Crippen LogP contribution < -0.4 is 5.32 Å². The first-order chi connectivity index (χ1) is 6.86. The van der Waals surface area contributed by atoms with Crippen LogP contribution in [-0.4, -0.2) is 13.1 Å². The maximum atomic E-state index is 3.60. The van der Waals surface area contributed by atoms with Crippen LogP contribution in [0.3, 0.4) is 0 Å². The van der Waals surface area contributed by atoms with Gasteiger partial charge in [0.25, 0.3) is 0 Å². The first-order valence-corrected chi connectivity index (χ1v) is 6.57. The highest BCUT2D eigenvalue weighted by atomic mass is 14.9. The van der Waals surface area contributed by atoms with Gasteiger partial charge in [0.15, 0.2) is 0 Å². The lowest BCUT2D eigenvalue weighted by molar-refractivity contribution is 0.282. The molecule has 1 N–H and O–H groups in total. The van der Waals surface area contributed by atoms with Gasteiger partial charge in [-0.1, -0.05) is 32.6 Å². The van der Waals surface area contributed by atoms with Crippen LogP contribution in [0.15, 0.2) is 0 Å². The van der Waals surface area contributed by atoms with Crippen molar-refractivity contribution < 1.29 is 0 Å². The summed E-state index contributed by atoms with van der Waals surface area (Å²) in [5.74, 6) is 3.01. The summed E-state index contributed by atoms with van der Waals surface area (Å²) in [7, 11) is 0. The highest BCUT2D eigenvalue weighted by Crippen LogP contribution is 2.34. The van der Waals surface area contributed by atoms with E-state index in [4.69, 9.17) is 0 Å². The first-order valence-electron chi connectivity index (χ1n) is 6.57. The van der Waals surface area contributed by atoms with Gasteiger partial charge in [0, 0.05) is 0 Å². The lowest BCUT2D eigenvalue weighted by Gasteiger charge is -2.24. The third kappa shape index (κ3) is 2.73. The summed E-state index contributed by atoms with van der Waals surface area (Å²) in [4.78, 5) is 0. The third-order valence-corrected chi connectivity index (χ3v) is 4.34. The van der Waals surface area contributed by atoms with Crippen LogP contribution in [0.5, 0.6) is 0 Å². The van der Waals surface area contributed by atoms with Crippen molar-refractivity contribution in [1.82, 2.24) is 5.32 Å². The molecule has 82 valence electrons. The molecule has 1 aliphatic carbocycles. The van der Waals surface area contributed by atoms with Crippen LogP contribution in [-0.2, 0) is 0 Å². The van der Waals surface area contributed by atoms with Crippen LogP contribution in [0.1, 0.15) is 51.9 Å². The fraction of sp³-hybridized carbons (Fsp3) is 1.00. The Balaban J connectivity index is 1.81. The van der Waals surface area contributed by atoms with Gasteiger partial charge in [-0.15, -0.1) is 0 Å². The van der Waals surface area contributed by atoms with E-state index in [-0.39, 0.29) is 0 Å². The minimum Gasteiger partial charge on any atom is -0.316 e. The van der Waals surface area contributed by atoms with Gasteiger partial charge in [-0.25, -0.2) is 0 Å². The molecule has 0 aromatic rings. The van der Waals surface area contributed by atoms with E-state index in [0.29, 0.717) is 0 Å². The largest absolute Gasteiger partial charge is 0.316 e. The summed E-state index contributed by atoms with van der Waals surface area (Å²) in [6.45, 7) is 5.01. The summed E-state index contributed by atoms with van der Waals surface area (Å²) in [5.41, 5.74) is 0. The van der Waals surface area contributed by atoms with Crippen molar-refractivity contribution in [1.29, 1.82) is 0 Å². The molecule has 1 aliphatic heterocycles. The van der Waals surface area contributed by atoms with E-state index in [9.17, 15) is 0 Å². The minimum atomic E-state index is 0.964. The quantitative estimate of drug-likeness (QED) is 0.713. The molecule has 2 atom stereocenters. The van der Waals surface area contributed by atoms with Crippen molar-refractivity contribution in [2.75, 3.05) is 13.1 Å². The molecule has 1 saturated heterocycles. The predicted molar refractivity (Wildman–Crippen MR) is 61.3 cm³/mol. The Morgan fingerprint density at radius 3 is 2.64 bits per heavy atom. The Kier molecular flexibility index (Phi) is 3.86. The second-order valence-corrected chi connectivity index (χ2v) is 5.47. The zero-order chi connectivity index (χ0) is 9.80. The maximum absolute atomic E-state index is 3.60. The number of nitrogens with one attached hydrogen (secondary N) is 1. The van der Waals surface area contributed by atoms with Gasteiger partial charge in [-0.2, -0.15) is 0 Å². The van der Waals surface area contributed by atoms with Gasteiger partial charge < -0.3 is 5.32 Å². The Morgan fingerprint density at radius 2 is 1.86 bits per heavy atom. The van der Waals surface area contributed by atoms with Crippen LogP contribution in [0.4, 0.5) is 0 Å². The summed E-state index contributed by atoms with van der Waals surface area (Å²) in [5, 5.41) is 3.60.